The molecule has 2 aromatic rings. The monoisotopic (exact) mass is 573 g/mol. The summed E-state index contributed by atoms with van der Waals surface area (Å²) in [6.45, 7) is 9.00. The number of benzene rings is 2. The molecule has 2 aromatic carbocycles. The van der Waals surface area contributed by atoms with Crippen molar-refractivity contribution >= 4 is 62.2 Å². The summed E-state index contributed by atoms with van der Waals surface area (Å²) >= 11 is 4.04. The molecular formula is C27H29BrFN3O3S. The van der Waals surface area contributed by atoms with Gasteiger partial charge in [-0.2, -0.15) is 0 Å². The number of amides is 3. The van der Waals surface area contributed by atoms with E-state index in [9.17, 15) is 14.4 Å². The molecule has 0 aliphatic carbocycles. The average molecular weight is 575 g/mol. The van der Waals surface area contributed by atoms with E-state index in [1.54, 1.807) is 36.4 Å². The number of nitrogens with zero attached hydrogens (tertiary/aromatic N) is 2. The van der Waals surface area contributed by atoms with Crippen LogP contribution in [0.3, 0.4) is 0 Å². The van der Waals surface area contributed by atoms with Gasteiger partial charge in [0.05, 0.1) is 4.91 Å². The highest BCUT2D eigenvalue weighted by molar-refractivity contribution is 9.10. The van der Waals surface area contributed by atoms with Crippen molar-refractivity contribution in [1.82, 2.24) is 4.90 Å². The summed E-state index contributed by atoms with van der Waals surface area (Å²) in [7, 11) is 0. The Kier molecular flexibility index (Phi) is 7.61. The second-order valence-electron chi connectivity index (χ2n) is 9.82. The molecule has 6 nitrogen and oxygen atoms in total. The maximum Gasteiger partial charge on any atom is 0.294 e. The molecule has 1 saturated heterocycles. The molecule has 2 aliphatic heterocycles. The fourth-order valence-corrected chi connectivity index (χ4v) is 6.03. The Bertz CT molecular complexity index is 1250. The summed E-state index contributed by atoms with van der Waals surface area (Å²) in [6, 6.07) is 10.3. The summed E-state index contributed by atoms with van der Waals surface area (Å²) in [5.74, 6) is -1.32. The highest BCUT2D eigenvalue weighted by Crippen LogP contribution is 2.45. The number of rotatable bonds is 6. The number of nitrogens with one attached hydrogen (secondary N) is 1. The van der Waals surface area contributed by atoms with Gasteiger partial charge in [-0.05, 0) is 92.4 Å². The molecule has 9 heteroatoms. The predicted octanol–water partition coefficient (Wildman–Crippen LogP) is 6.77. The second-order valence-corrected chi connectivity index (χ2v) is 11.7. The van der Waals surface area contributed by atoms with Crippen molar-refractivity contribution in [1.29, 1.82) is 0 Å². The van der Waals surface area contributed by atoms with Gasteiger partial charge in [0.15, 0.2) is 0 Å². The van der Waals surface area contributed by atoms with Crippen LogP contribution in [0.5, 0.6) is 0 Å². The van der Waals surface area contributed by atoms with Crippen molar-refractivity contribution < 1.29 is 18.8 Å². The smallest absolute Gasteiger partial charge is 0.294 e. The fraction of sp³-hybridized carbons (Fsp3) is 0.370. The van der Waals surface area contributed by atoms with E-state index in [0.29, 0.717) is 5.69 Å². The van der Waals surface area contributed by atoms with Crippen LogP contribution in [-0.4, -0.2) is 40.6 Å². The third kappa shape index (κ3) is 5.37. The lowest BCUT2D eigenvalue weighted by Crippen LogP contribution is -2.48. The molecule has 2 heterocycles. The minimum atomic E-state index is -0.602. The summed E-state index contributed by atoms with van der Waals surface area (Å²) < 4.78 is 16.1. The molecular weight excluding hydrogens is 545 g/mol. The fourth-order valence-electron chi connectivity index (χ4n) is 4.93. The van der Waals surface area contributed by atoms with Gasteiger partial charge in [-0.1, -0.05) is 29.8 Å². The molecule has 2 aliphatic rings. The van der Waals surface area contributed by atoms with Crippen LogP contribution >= 0.6 is 27.7 Å². The molecule has 1 fully saturated rings. The molecule has 190 valence electrons. The molecule has 0 radical (unpaired) electrons. The van der Waals surface area contributed by atoms with Gasteiger partial charge in [0.2, 0.25) is 5.91 Å². The first-order chi connectivity index (χ1) is 17.0. The van der Waals surface area contributed by atoms with Gasteiger partial charge in [-0.3, -0.25) is 19.3 Å². The van der Waals surface area contributed by atoms with Gasteiger partial charge in [-0.25, -0.2) is 4.39 Å². The van der Waals surface area contributed by atoms with Crippen LogP contribution < -0.4 is 10.2 Å². The molecule has 0 saturated carbocycles. The normalized spacial score (nSPS) is 20.2. The van der Waals surface area contributed by atoms with Crippen LogP contribution in [0.15, 0.2) is 45.8 Å². The number of imide groups is 1. The SMILES string of the molecule is CCCN1c2cc(F)c(/C=C3/SC(=O)N(CC(=O)Nc4ccc(Br)cc4)C3=O)cc2C(C)CC1(C)C. The highest BCUT2D eigenvalue weighted by atomic mass is 79.9. The number of anilines is 2. The standard InChI is InChI=1S/C27H29BrFN3O3S/c1-5-10-32-22-13-21(29)17(11-20(22)16(2)14-27(32,3)4)12-23-25(34)31(26(35)36-23)15-24(33)30-19-8-6-18(28)7-9-19/h6-9,11-13,16H,5,10,14-15H2,1-4H3,(H,30,33)/b23-12+. The Morgan fingerprint density at radius 3 is 2.61 bits per heavy atom. The largest absolute Gasteiger partial charge is 0.366 e. The van der Waals surface area contributed by atoms with E-state index in [1.807, 2.05) is 0 Å². The lowest BCUT2D eigenvalue weighted by atomic mass is 9.79. The van der Waals surface area contributed by atoms with E-state index in [-0.39, 0.29) is 21.9 Å². The zero-order valence-electron chi connectivity index (χ0n) is 20.7. The quantitative estimate of drug-likeness (QED) is 0.386. The van der Waals surface area contributed by atoms with Gasteiger partial charge in [0.25, 0.3) is 11.1 Å². The zero-order valence-corrected chi connectivity index (χ0v) is 23.1. The third-order valence-electron chi connectivity index (χ3n) is 6.54. The molecule has 0 bridgehead atoms. The number of halogens is 2. The third-order valence-corrected chi connectivity index (χ3v) is 7.98. The maximum absolute atomic E-state index is 15.3. The van der Waals surface area contributed by atoms with E-state index in [1.165, 1.54) is 6.08 Å². The number of carbonyl (C=O) groups is 3. The molecule has 1 atom stereocenters. The van der Waals surface area contributed by atoms with Gasteiger partial charge in [0.1, 0.15) is 12.4 Å². The topological polar surface area (TPSA) is 69.7 Å². The van der Waals surface area contributed by atoms with Crippen LogP contribution in [0.4, 0.5) is 20.6 Å². The zero-order chi connectivity index (χ0) is 26.2. The van der Waals surface area contributed by atoms with Gasteiger partial charge >= 0.3 is 0 Å². The van der Waals surface area contributed by atoms with Crippen LogP contribution in [0.2, 0.25) is 0 Å². The Morgan fingerprint density at radius 1 is 1.25 bits per heavy atom. The van der Waals surface area contributed by atoms with E-state index >= 15 is 4.39 Å². The number of hydrogen-bond acceptors (Lipinski definition) is 5. The first-order valence-electron chi connectivity index (χ1n) is 11.9. The Balaban J connectivity index is 1.55. The Hall–Kier alpha value is -2.65. The second kappa shape index (κ2) is 10.4. The van der Waals surface area contributed by atoms with Crippen molar-refractivity contribution in [2.45, 2.75) is 52.0 Å². The molecule has 36 heavy (non-hydrogen) atoms. The molecule has 1 unspecified atom stereocenters. The Morgan fingerprint density at radius 2 is 1.94 bits per heavy atom. The number of carbonyl (C=O) groups excluding carboxylic acids is 3. The summed E-state index contributed by atoms with van der Waals surface area (Å²) in [5, 5.41) is 2.12. The van der Waals surface area contributed by atoms with Gasteiger partial charge < -0.3 is 10.2 Å². The number of fused-ring (bicyclic) bond motifs is 1. The van der Waals surface area contributed by atoms with Gasteiger partial charge in [-0.15, -0.1) is 0 Å². The van der Waals surface area contributed by atoms with Crippen molar-refractivity contribution in [3.63, 3.8) is 0 Å². The van der Waals surface area contributed by atoms with Crippen molar-refractivity contribution in [3.8, 4) is 0 Å². The van der Waals surface area contributed by atoms with Crippen LogP contribution in [0, 0.1) is 5.82 Å². The van der Waals surface area contributed by atoms with Crippen molar-refractivity contribution in [2.75, 3.05) is 23.3 Å². The van der Waals surface area contributed by atoms with E-state index in [2.05, 4.69) is 53.8 Å². The molecule has 3 amide bonds. The van der Waals surface area contributed by atoms with Crippen molar-refractivity contribution in [2.24, 2.45) is 0 Å². The first-order valence-corrected chi connectivity index (χ1v) is 13.5. The molecule has 0 spiro atoms. The number of thioether (sulfide) groups is 1. The van der Waals surface area contributed by atoms with Crippen molar-refractivity contribution in [3.05, 3.63) is 62.7 Å². The lowest BCUT2D eigenvalue weighted by Gasteiger charge is -2.47. The highest BCUT2D eigenvalue weighted by Gasteiger charge is 2.38. The Labute approximate surface area is 223 Å². The van der Waals surface area contributed by atoms with E-state index < -0.39 is 29.4 Å². The lowest BCUT2D eigenvalue weighted by molar-refractivity contribution is -0.127. The molecule has 4 rings (SSSR count). The van der Waals surface area contributed by atoms with Gasteiger partial charge in [0, 0.05) is 33.5 Å². The first kappa shape index (κ1) is 26.4. The molecule has 1 N–H and O–H groups in total. The van der Waals surface area contributed by atoms with Crippen LogP contribution in [0.25, 0.3) is 6.08 Å². The minimum absolute atomic E-state index is 0.0874. The van der Waals surface area contributed by atoms with Crippen LogP contribution in [0.1, 0.15) is 57.6 Å². The minimum Gasteiger partial charge on any atom is -0.366 e. The number of hydrogen-bond donors (Lipinski definition) is 1. The summed E-state index contributed by atoms with van der Waals surface area (Å²) in [5.41, 5.74) is 2.64. The molecule has 0 aromatic heterocycles. The van der Waals surface area contributed by atoms with E-state index in [4.69, 9.17) is 0 Å². The summed E-state index contributed by atoms with van der Waals surface area (Å²) in [4.78, 5) is 41.1. The van der Waals surface area contributed by atoms with Crippen LogP contribution in [-0.2, 0) is 9.59 Å². The van der Waals surface area contributed by atoms with E-state index in [0.717, 1.165) is 51.8 Å². The summed E-state index contributed by atoms with van der Waals surface area (Å²) in [6.07, 6.45) is 3.29. The predicted molar refractivity (Wildman–Crippen MR) is 147 cm³/mol. The maximum atomic E-state index is 15.3. The average Bonchev–Trinajstić information content (AvgIpc) is 3.06.